The van der Waals surface area contributed by atoms with Crippen molar-refractivity contribution in [3.8, 4) is 5.75 Å². The molecule has 0 atom stereocenters. The van der Waals surface area contributed by atoms with Gasteiger partial charge >= 0.3 is 0 Å². The van der Waals surface area contributed by atoms with E-state index in [1.807, 2.05) is 24.3 Å². The summed E-state index contributed by atoms with van der Waals surface area (Å²) in [5.41, 5.74) is 1.22. The second-order valence-electron chi connectivity index (χ2n) is 5.77. The summed E-state index contributed by atoms with van der Waals surface area (Å²) in [5.74, 6) is 0.329. The van der Waals surface area contributed by atoms with Crippen LogP contribution < -0.4 is 19.7 Å². The Morgan fingerprint density at radius 2 is 1.79 bits per heavy atom. The number of pyridine rings is 1. The molecule has 0 aliphatic rings. The summed E-state index contributed by atoms with van der Waals surface area (Å²) in [6, 6.07) is 17.5. The first-order chi connectivity index (χ1) is 13.5. The predicted octanol–water partition coefficient (Wildman–Crippen LogP) is 4.42. The molecule has 1 aromatic heterocycles. The lowest BCUT2D eigenvalue weighted by atomic mass is 10.1. The van der Waals surface area contributed by atoms with Crippen LogP contribution in [0.25, 0.3) is 11.5 Å². The molecule has 0 aliphatic heterocycles. The number of hydrogen-bond acceptors (Lipinski definition) is 3. The monoisotopic (exact) mass is 430 g/mol. The van der Waals surface area contributed by atoms with E-state index in [4.69, 9.17) is 40.2 Å². The van der Waals surface area contributed by atoms with Gasteiger partial charge in [0.1, 0.15) is 5.75 Å². The number of hydrogen-bond donors (Lipinski definition) is 1. The molecule has 0 amide bonds. The van der Waals surface area contributed by atoms with E-state index in [2.05, 4.69) is 5.32 Å². The number of methoxy groups -OCH3 is 1. The van der Waals surface area contributed by atoms with Crippen LogP contribution in [0, 0.1) is 0 Å². The Morgan fingerprint density at radius 3 is 2.50 bits per heavy atom. The van der Waals surface area contributed by atoms with Gasteiger partial charge in [0.2, 0.25) is 5.70 Å². The zero-order valence-electron chi connectivity index (χ0n) is 14.9. The van der Waals surface area contributed by atoms with E-state index < -0.39 is 0 Å². The van der Waals surface area contributed by atoms with Crippen molar-refractivity contribution in [2.75, 3.05) is 12.4 Å². The smallest absolute Gasteiger partial charge is 0.238 e. The van der Waals surface area contributed by atoms with Crippen LogP contribution >= 0.6 is 35.4 Å². The predicted molar refractivity (Wildman–Crippen MR) is 115 cm³/mol. The molecule has 0 saturated carbocycles. The van der Waals surface area contributed by atoms with Gasteiger partial charge in [0, 0.05) is 33.9 Å². The van der Waals surface area contributed by atoms with E-state index in [0.29, 0.717) is 21.5 Å². The molecule has 1 heterocycles. The number of ether oxygens (including phenoxy) is 1. The zero-order chi connectivity index (χ0) is 20.1. The number of halogens is 2. The maximum absolute atomic E-state index is 13.3. The standard InChI is InChI=1S/C21H16Cl2N2O2S/c1-27-16-7-5-6-15(13-16)24-21(28)19(25-10-3-2-4-11-25)20(26)17-12-14(22)8-9-18(17)23/h2-13H,1H3,(H-,24,26,28). The van der Waals surface area contributed by atoms with Crippen LogP contribution in [0.5, 0.6) is 5.75 Å². The summed E-state index contributed by atoms with van der Waals surface area (Å²) in [6.45, 7) is 0. The van der Waals surface area contributed by atoms with Crippen LogP contribution in [0.15, 0.2) is 73.1 Å². The van der Waals surface area contributed by atoms with Crippen LogP contribution in [-0.2, 0) is 0 Å². The van der Waals surface area contributed by atoms with Crippen molar-refractivity contribution in [2.45, 2.75) is 0 Å². The number of anilines is 1. The Balaban J connectivity index is 2.09. The Kier molecular flexibility index (Phi) is 6.52. The van der Waals surface area contributed by atoms with Gasteiger partial charge in [-0.15, -0.1) is 0 Å². The summed E-state index contributed by atoms with van der Waals surface area (Å²) >= 11 is 17.9. The maximum atomic E-state index is 13.3. The van der Waals surface area contributed by atoms with Crippen LogP contribution in [0.1, 0.15) is 5.56 Å². The number of nitrogens with one attached hydrogen (secondary N) is 1. The summed E-state index contributed by atoms with van der Waals surface area (Å²) in [7, 11) is 1.58. The molecule has 28 heavy (non-hydrogen) atoms. The van der Waals surface area contributed by atoms with Crippen molar-refractivity contribution >= 4 is 57.6 Å². The zero-order valence-corrected chi connectivity index (χ0v) is 17.2. The first-order valence-corrected chi connectivity index (χ1v) is 9.45. The molecule has 0 fully saturated rings. The van der Waals surface area contributed by atoms with Crippen molar-refractivity contribution < 1.29 is 14.4 Å². The van der Waals surface area contributed by atoms with Gasteiger partial charge in [0.05, 0.1) is 7.11 Å². The Labute approximate surface area is 178 Å². The number of benzene rings is 2. The van der Waals surface area contributed by atoms with Gasteiger partial charge < -0.3 is 15.2 Å². The molecule has 0 radical (unpaired) electrons. The summed E-state index contributed by atoms with van der Waals surface area (Å²) < 4.78 is 6.88. The topological polar surface area (TPSA) is 48.2 Å². The first-order valence-electron chi connectivity index (χ1n) is 8.28. The second-order valence-corrected chi connectivity index (χ2v) is 7.02. The van der Waals surface area contributed by atoms with E-state index >= 15 is 0 Å². The summed E-state index contributed by atoms with van der Waals surface area (Å²) in [6.07, 6.45) is 3.48. The maximum Gasteiger partial charge on any atom is 0.238 e. The summed E-state index contributed by atoms with van der Waals surface area (Å²) in [4.78, 5) is 0.241. The molecule has 0 aliphatic carbocycles. The highest BCUT2D eigenvalue weighted by Gasteiger charge is 2.20. The van der Waals surface area contributed by atoms with Crippen LogP contribution in [0.3, 0.4) is 0 Å². The number of aromatic nitrogens is 1. The number of rotatable bonds is 5. The lowest BCUT2D eigenvalue weighted by Crippen LogP contribution is -2.39. The van der Waals surface area contributed by atoms with Crippen LogP contribution in [-0.4, -0.2) is 12.1 Å². The fraction of sp³-hybridized carbons (Fsp3) is 0.0476. The third-order valence-corrected chi connectivity index (χ3v) is 4.76. The average Bonchev–Trinajstić information content (AvgIpc) is 2.70. The molecule has 0 unspecified atom stereocenters. The average molecular weight is 431 g/mol. The van der Waals surface area contributed by atoms with Crippen molar-refractivity contribution in [3.63, 3.8) is 0 Å². The minimum atomic E-state index is -0.343. The first kappa shape index (κ1) is 20.1. The molecule has 3 aromatic rings. The van der Waals surface area contributed by atoms with Crippen molar-refractivity contribution in [1.29, 1.82) is 0 Å². The van der Waals surface area contributed by atoms with Crippen LogP contribution in [0.4, 0.5) is 5.69 Å². The lowest BCUT2D eigenvalue weighted by molar-refractivity contribution is -0.577. The van der Waals surface area contributed by atoms with Gasteiger partial charge in [-0.1, -0.05) is 47.6 Å². The molecule has 0 spiro atoms. The Hall–Kier alpha value is -2.60. The number of thiocarbonyl (C=S) groups is 1. The van der Waals surface area contributed by atoms with E-state index in [9.17, 15) is 5.11 Å². The minimum Gasteiger partial charge on any atom is -0.867 e. The summed E-state index contributed by atoms with van der Waals surface area (Å²) in [5, 5.41) is 17.1. The quantitative estimate of drug-likeness (QED) is 0.281. The van der Waals surface area contributed by atoms with E-state index in [1.54, 1.807) is 54.4 Å². The molecule has 3 rings (SSSR count). The van der Waals surface area contributed by atoms with Gasteiger partial charge in [-0.05, 0) is 41.7 Å². The van der Waals surface area contributed by atoms with Gasteiger partial charge in [-0.2, -0.15) is 4.57 Å². The molecular weight excluding hydrogens is 415 g/mol. The van der Waals surface area contributed by atoms with Crippen LogP contribution in [0.2, 0.25) is 10.0 Å². The molecule has 4 nitrogen and oxygen atoms in total. The molecule has 142 valence electrons. The van der Waals surface area contributed by atoms with E-state index in [0.717, 1.165) is 0 Å². The second kappa shape index (κ2) is 9.06. The third-order valence-electron chi connectivity index (χ3n) is 3.90. The van der Waals surface area contributed by atoms with Gasteiger partial charge in [-0.25, -0.2) is 0 Å². The van der Waals surface area contributed by atoms with E-state index in [-0.39, 0.29) is 22.0 Å². The molecule has 7 heteroatoms. The SMILES string of the molecule is COc1cccc(NC(=S)/C(=C(\[O-])c2cc(Cl)ccc2Cl)[n+]2ccccc2)c1. The lowest BCUT2D eigenvalue weighted by Gasteiger charge is -2.18. The van der Waals surface area contributed by atoms with Gasteiger partial charge in [-0.3, -0.25) is 0 Å². The third kappa shape index (κ3) is 4.62. The fourth-order valence-corrected chi connectivity index (χ4v) is 3.27. The molecule has 1 N–H and O–H groups in total. The molecule has 0 saturated heterocycles. The largest absolute Gasteiger partial charge is 0.867 e. The highest BCUT2D eigenvalue weighted by atomic mass is 35.5. The Bertz CT molecular complexity index is 1040. The number of nitrogens with zero attached hydrogens (tertiary/aromatic N) is 1. The molecular formula is C21H16Cl2N2O2S. The van der Waals surface area contributed by atoms with Crippen molar-refractivity contribution in [2.24, 2.45) is 0 Å². The molecule has 2 aromatic carbocycles. The highest BCUT2D eigenvalue weighted by molar-refractivity contribution is 7.81. The Morgan fingerprint density at radius 1 is 1.04 bits per heavy atom. The van der Waals surface area contributed by atoms with Gasteiger partial charge in [0.25, 0.3) is 0 Å². The highest BCUT2D eigenvalue weighted by Crippen LogP contribution is 2.27. The molecule has 0 bridgehead atoms. The van der Waals surface area contributed by atoms with Crippen molar-refractivity contribution in [1.82, 2.24) is 0 Å². The van der Waals surface area contributed by atoms with E-state index in [1.165, 1.54) is 6.07 Å². The fourth-order valence-electron chi connectivity index (χ4n) is 2.58. The normalized spacial score (nSPS) is 11.5. The minimum absolute atomic E-state index is 0.241. The van der Waals surface area contributed by atoms with Gasteiger partial charge in [0.15, 0.2) is 17.4 Å². The van der Waals surface area contributed by atoms with Crippen molar-refractivity contribution in [3.05, 3.63) is 88.7 Å².